The summed E-state index contributed by atoms with van der Waals surface area (Å²) in [5.41, 5.74) is 2.68. The number of rotatable bonds is 11. The van der Waals surface area contributed by atoms with Crippen molar-refractivity contribution in [2.75, 3.05) is 32.9 Å². The molecule has 3 aromatic rings. The highest BCUT2D eigenvalue weighted by atomic mass is 32.2. The Labute approximate surface area is 239 Å². The maximum absolute atomic E-state index is 13.5. The Morgan fingerprint density at radius 2 is 1.59 bits per heavy atom. The van der Waals surface area contributed by atoms with Gasteiger partial charge in [0.2, 0.25) is 15.9 Å². The largest absolute Gasteiger partial charge is 0.484 e. The van der Waals surface area contributed by atoms with Gasteiger partial charge in [-0.25, -0.2) is 12.8 Å². The van der Waals surface area contributed by atoms with Crippen LogP contribution in [0.4, 0.5) is 4.39 Å². The molecule has 9 nitrogen and oxygen atoms in total. The van der Waals surface area contributed by atoms with Crippen LogP contribution in [0.15, 0.2) is 77.7 Å². The molecular weight excluding hydrogens is 549 g/mol. The van der Waals surface area contributed by atoms with Crippen molar-refractivity contribution < 1.29 is 31.9 Å². The second kappa shape index (κ2) is 13.7. The van der Waals surface area contributed by atoms with Crippen molar-refractivity contribution in [2.45, 2.75) is 37.9 Å². The molecule has 1 fully saturated rings. The maximum atomic E-state index is 13.5. The molecular formula is C30H34FN3O6S. The third-order valence-corrected chi connectivity index (χ3v) is 8.73. The summed E-state index contributed by atoms with van der Waals surface area (Å²) >= 11 is 0. The van der Waals surface area contributed by atoms with Gasteiger partial charge in [0.25, 0.3) is 5.91 Å². The Kier molecular flexibility index (Phi) is 10.1. The molecule has 3 aromatic carbocycles. The van der Waals surface area contributed by atoms with E-state index in [0.29, 0.717) is 31.1 Å². The maximum Gasteiger partial charge on any atom is 0.261 e. The average molecular weight is 584 g/mol. The molecule has 11 heteroatoms. The Morgan fingerprint density at radius 3 is 2.22 bits per heavy atom. The van der Waals surface area contributed by atoms with Crippen LogP contribution in [0, 0.1) is 12.7 Å². The van der Waals surface area contributed by atoms with Gasteiger partial charge in [-0.1, -0.05) is 42.0 Å². The first kappa shape index (κ1) is 30.2. The number of halogens is 1. The molecule has 0 aromatic heterocycles. The van der Waals surface area contributed by atoms with Crippen molar-refractivity contribution >= 4 is 21.8 Å². The Hall–Kier alpha value is -3.80. The summed E-state index contributed by atoms with van der Waals surface area (Å²) in [6, 6.07) is 18.5. The van der Waals surface area contributed by atoms with Crippen LogP contribution in [0.1, 0.15) is 23.6 Å². The second-order valence-corrected chi connectivity index (χ2v) is 11.7. The van der Waals surface area contributed by atoms with Gasteiger partial charge in [0, 0.05) is 26.2 Å². The van der Waals surface area contributed by atoms with Gasteiger partial charge in [-0.3, -0.25) is 9.59 Å². The fourth-order valence-electron chi connectivity index (χ4n) is 4.28. The number of carbonyl (C=O) groups is 2. The fraction of sp³-hybridized carbons (Fsp3) is 0.333. The minimum Gasteiger partial charge on any atom is -0.484 e. The van der Waals surface area contributed by atoms with Crippen molar-refractivity contribution in [1.29, 1.82) is 0 Å². The summed E-state index contributed by atoms with van der Waals surface area (Å²) in [7, 11) is -3.66. The van der Waals surface area contributed by atoms with Crippen molar-refractivity contribution in [3.05, 3.63) is 95.3 Å². The SMILES string of the molecule is Cc1ccc(CNC(=O)[C@@H](C)N(Cc2ccc(F)cc2)C(=O)COc2ccc(S(=O)(=O)N3CCOCC3)cc2)cc1. The quantitative estimate of drug-likeness (QED) is 0.372. The van der Waals surface area contributed by atoms with E-state index in [9.17, 15) is 22.4 Å². The number of carbonyl (C=O) groups excluding carboxylic acids is 2. The summed E-state index contributed by atoms with van der Waals surface area (Å²) in [5.74, 6) is -0.911. The van der Waals surface area contributed by atoms with Crippen LogP contribution in [-0.4, -0.2) is 68.4 Å². The molecule has 1 heterocycles. The lowest BCUT2D eigenvalue weighted by molar-refractivity contribution is -0.142. The molecule has 41 heavy (non-hydrogen) atoms. The van der Waals surface area contributed by atoms with E-state index in [1.807, 2.05) is 31.2 Å². The van der Waals surface area contributed by atoms with Gasteiger partial charge in [0.05, 0.1) is 18.1 Å². The van der Waals surface area contributed by atoms with Crippen LogP contribution in [0.3, 0.4) is 0 Å². The molecule has 1 saturated heterocycles. The van der Waals surface area contributed by atoms with Gasteiger partial charge in [-0.2, -0.15) is 4.31 Å². The zero-order valence-corrected chi connectivity index (χ0v) is 23.9. The highest BCUT2D eigenvalue weighted by Gasteiger charge is 2.28. The predicted molar refractivity (Wildman–Crippen MR) is 151 cm³/mol. The average Bonchev–Trinajstić information content (AvgIpc) is 2.99. The highest BCUT2D eigenvalue weighted by Crippen LogP contribution is 2.21. The first-order chi connectivity index (χ1) is 19.6. The van der Waals surface area contributed by atoms with Crippen molar-refractivity contribution in [3.63, 3.8) is 0 Å². The van der Waals surface area contributed by atoms with Gasteiger partial charge in [-0.05, 0) is 61.4 Å². The molecule has 1 atom stereocenters. The monoisotopic (exact) mass is 583 g/mol. The van der Waals surface area contributed by atoms with E-state index in [4.69, 9.17) is 9.47 Å². The third-order valence-electron chi connectivity index (χ3n) is 6.81. The summed E-state index contributed by atoms with van der Waals surface area (Å²) in [5, 5.41) is 2.87. The minimum absolute atomic E-state index is 0.0678. The number of amides is 2. The summed E-state index contributed by atoms with van der Waals surface area (Å²) < 4.78 is 51.4. The molecule has 1 aliphatic rings. The third kappa shape index (κ3) is 8.12. The van der Waals surface area contributed by atoms with Crippen LogP contribution in [0.5, 0.6) is 5.75 Å². The summed E-state index contributed by atoms with van der Waals surface area (Å²) in [4.78, 5) is 27.8. The van der Waals surface area contributed by atoms with Crippen LogP contribution >= 0.6 is 0 Å². The van der Waals surface area contributed by atoms with Crippen LogP contribution in [-0.2, 0) is 37.4 Å². The van der Waals surface area contributed by atoms with Crippen LogP contribution in [0.2, 0.25) is 0 Å². The van der Waals surface area contributed by atoms with Gasteiger partial charge >= 0.3 is 0 Å². The number of nitrogens with one attached hydrogen (secondary N) is 1. The smallest absolute Gasteiger partial charge is 0.261 e. The lowest BCUT2D eigenvalue weighted by Gasteiger charge is -2.29. The van der Waals surface area contributed by atoms with Crippen molar-refractivity contribution in [1.82, 2.24) is 14.5 Å². The lowest BCUT2D eigenvalue weighted by atomic mass is 10.1. The molecule has 2 amide bonds. The van der Waals surface area contributed by atoms with Crippen LogP contribution < -0.4 is 10.1 Å². The predicted octanol–water partition coefficient (Wildman–Crippen LogP) is 3.27. The number of ether oxygens (including phenoxy) is 2. The lowest BCUT2D eigenvalue weighted by Crippen LogP contribution is -2.48. The highest BCUT2D eigenvalue weighted by molar-refractivity contribution is 7.89. The van der Waals surface area contributed by atoms with E-state index in [-0.39, 0.29) is 37.0 Å². The molecule has 1 aliphatic heterocycles. The van der Waals surface area contributed by atoms with Crippen molar-refractivity contribution in [3.8, 4) is 5.75 Å². The van der Waals surface area contributed by atoms with Gasteiger partial charge in [0.1, 0.15) is 17.6 Å². The first-order valence-electron chi connectivity index (χ1n) is 13.3. The van der Waals surface area contributed by atoms with Crippen LogP contribution in [0.25, 0.3) is 0 Å². The number of hydrogen-bond donors (Lipinski definition) is 1. The molecule has 4 rings (SSSR count). The number of sulfonamides is 1. The first-order valence-corrected chi connectivity index (χ1v) is 14.8. The molecule has 0 radical (unpaired) electrons. The molecule has 0 saturated carbocycles. The van der Waals surface area contributed by atoms with E-state index < -0.39 is 27.8 Å². The molecule has 0 unspecified atom stereocenters. The zero-order chi connectivity index (χ0) is 29.4. The molecule has 0 bridgehead atoms. The number of aryl methyl sites for hydroxylation is 1. The zero-order valence-electron chi connectivity index (χ0n) is 23.1. The number of morpholine rings is 1. The Balaban J connectivity index is 1.41. The van der Waals surface area contributed by atoms with Gasteiger partial charge in [-0.15, -0.1) is 0 Å². The molecule has 1 N–H and O–H groups in total. The van der Waals surface area contributed by atoms with E-state index in [1.165, 1.54) is 45.6 Å². The number of nitrogens with zero attached hydrogens (tertiary/aromatic N) is 2. The van der Waals surface area contributed by atoms with E-state index in [0.717, 1.165) is 11.1 Å². The van der Waals surface area contributed by atoms with Crippen molar-refractivity contribution in [2.24, 2.45) is 0 Å². The van der Waals surface area contributed by atoms with Gasteiger partial charge in [0.15, 0.2) is 6.61 Å². The minimum atomic E-state index is -3.66. The van der Waals surface area contributed by atoms with E-state index in [1.54, 1.807) is 19.1 Å². The Bertz CT molecular complexity index is 1420. The fourth-order valence-corrected chi connectivity index (χ4v) is 5.69. The Morgan fingerprint density at radius 1 is 0.976 bits per heavy atom. The normalized spacial score (nSPS) is 14.7. The number of benzene rings is 3. The molecule has 218 valence electrons. The second-order valence-electron chi connectivity index (χ2n) is 9.80. The standard InChI is InChI=1S/C30H34FN3O6S/c1-22-3-5-24(6-4-22)19-32-30(36)23(2)34(20-25-7-9-26(31)10-8-25)29(35)21-40-27-11-13-28(14-12-27)41(37,38)33-15-17-39-18-16-33/h3-14,23H,15-21H2,1-2H3,(H,32,36)/t23-/m1/s1. The topological polar surface area (TPSA) is 105 Å². The summed E-state index contributed by atoms with van der Waals surface area (Å²) in [6.07, 6.45) is 0. The number of hydrogen-bond acceptors (Lipinski definition) is 6. The summed E-state index contributed by atoms with van der Waals surface area (Å²) in [6.45, 7) is 4.86. The molecule has 0 spiro atoms. The van der Waals surface area contributed by atoms with Gasteiger partial charge < -0.3 is 19.7 Å². The van der Waals surface area contributed by atoms with E-state index in [2.05, 4.69) is 5.32 Å². The van der Waals surface area contributed by atoms with E-state index >= 15 is 0 Å². The molecule has 0 aliphatic carbocycles.